The number of carbonyl (C=O) groups excluding carboxylic acids is 1. The number of aromatic nitrogens is 6. The number of piperidine rings is 1. The first kappa shape index (κ1) is 21.9. The predicted octanol–water partition coefficient (Wildman–Crippen LogP) is 2.73. The molecular weight excluding hydrogens is 404 g/mol. The van der Waals surface area contributed by atoms with E-state index in [4.69, 9.17) is 4.98 Å². The van der Waals surface area contributed by atoms with Crippen LogP contribution < -0.4 is 4.90 Å². The third-order valence-electron chi connectivity index (χ3n) is 5.82. The number of likely N-dealkylation sites (tertiary alicyclic amines) is 1. The van der Waals surface area contributed by atoms with E-state index >= 15 is 0 Å². The predicted molar refractivity (Wildman–Crippen MR) is 122 cm³/mol. The Balaban J connectivity index is 1.46. The Morgan fingerprint density at radius 3 is 2.56 bits per heavy atom. The zero-order valence-electron chi connectivity index (χ0n) is 19.1. The quantitative estimate of drug-likeness (QED) is 0.589. The smallest absolute Gasteiger partial charge is 0.242 e. The van der Waals surface area contributed by atoms with Gasteiger partial charge in [0.1, 0.15) is 23.9 Å². The molecule has 1 saturated heterocycles. The molecule has 3 aromatic heterocycles. The molecule has 0 N–H and O–H groups in total. The molecule has 1 aliphatic heterocycles. The van der Waals surface area contributed by atoms with Gasteiger partial charge in [0, 0.05) is 75.6 Å². The minimum Gasteiger partial charge on any atom is -0.363 e. The fraction of sp³-hybridized carbons (Fsp3) is 0.478. The monoisotopic (exact) mass is 434 g/mol. The van der Waals surface area contributed by atoms with Crippen LogP contribution in [-0.2, 0) is 11.3 Å². The molecule has 4 rings (SSSR count). The first-order valence-electron chi connectivity index (χ1n) is 11.0. The van der Waals surface area contributed by atoms with Gasteiger partial charge < -0.3 is 14.4 Å². The van der Waals surface area contributed by atoms with Gasteiger partial charge in [-0.25, -0.2) is 19.9 Å². The molecule has 4 heterocycles. The molecule has 0 aromatic carbocycles. The van der Waals surface area contributed by atoms with Crippen LogP contribution in [0.3, 0.4) is 0 Å². The van der Waals surface area contributed by atoms with Gasteiger partial charge in [-0.3, -0.25) is 9.78 Å². The molecule has 168 valence electrons. The van der Waals surface area contributed by atoms with E-state index in [1.54, 1.807) is 24.8 Å². The van der Waals surface area contributed by atoms with E-state index in [9.17, 15) is 4.79 Å². The summed E-state index contributed by atoms with van der Waals surface area (Å²) in [6.07, 6.45) is 10.4. The van der Waals surface area contributed by atoms with Crippen LogP contribution in [0.2, 0.25) is 0 Å². The highest BCUT2D eigenvalue weighted by Gasteiger charge is 2.26. The van der Waals surface area contributed by atoms with E-state index < -0.39 is 0 Å². The molecule has 9 nitrogen and oxygen atoms in total. The number of nitrogens with zero attached hydrogens (tertiary/aromatic N) is 8. The standard InChI is InChI=1S/C23H30N8O/c1-16(2)23-26-9-12-31(23)15-21(32)30-10-5-17(6-11-30)18-13-20(29(3)4)28-22(27-18)19-14-24-7-8-25-19/h7-9,12-14,16-17H,5-6,10-11,15H2,1-4H3. The van der Waals surface area contributed by atoms with Crippen LogP contribution in [0.15, 0.2) is 37.1 Å². The molecule has 0 bridgehead atoms. The van der Waals surface area contributed by atoms with Crippen molar-refractivity contribution in [3.63, 3.8) is 0 Å². The van der Waals surface area contributed by atoms with Gasteiger partial charge in [0.15, 0.2) is 5.82 Å². The Labute approximate surface area is 188 Å². The van der Waals surface area contributed by atoms with Crippen molar-refractivity contribution in [2.45, 2.75) is 45.1 Å². The molecule has 1 fully saturated rings. The van der Waals surface area contributed by atoms with Gasteiger partial charge in [0.25, 0.3) is 0 Å². The van der Waals surface area contributed by atoms with Crippen LogP contribution in [0.1, 0.15) is 50.0 Å². The lowest BCUT2D eigenvalue weighted by molar-refractivity contribution is -0.132. The second-order valence-corrected chi connectivity index (χ2v) is 8.68. The van der Waals surface area contributed by atoms with Crippen molar-refractivity contribution in [2.75, 3.05) is 32.1 Å². The highest BCUT2D eigenvalue weighted by Crippen LogP contribution is 2.30. The molecule has 0 saturated carbocycles. The number of imidazole rings is 1. The van der Waals surface area contributed by atoms with Crippen LogP contribution in [0.4, 0.5) is 5.82 Å². The molecule has 0 spiro atoms. The lowest BCUT2D eigenvalue weighted by atomic mass is 9.93. The summed E-state index contributed by atoms with van der Waals surface area (Å²) in [5.74, 6) is 3.07. The molecule has 1 amide bonds. The molecule has 1 aliphatic rings. The zero-order valence-corrected chi connectivity index (χ0v) is 19.1. The minimum absolute atomic E-state index is 0.139. The average molecular weight is 435 g/mol. The van der Waals surface area contributed by atoms with Crippen LogP contribution in [0, 0.1) is 0 Å². The van der Waals surface area contributed by atoms with E-state index in [1.807, 2.05) is 40.7 Å². The maximum atomic E-state index is 12.9. The van der Waals surface area contributed by atoms with Crippen molar-refractivity contribution in [1.29, 1.82) is 0 Å². The van der Waals surface area contributed by atoms with Crippen molar-refractivity contribution in [2.24, 2.45) is 0 Å². The topological polar surface area (TPSA) is 92.9 Å². The van der Waals surface area contributed by atoms with Crippen LogP contribution in [0.25, 0.3) is 11.5 Å². The Morgan fingerprint density at radius 2 is 1.91 bits per heavy atom. The molecule has 32 heavy (non-hydrogen) atoms. The summed E-state index contributed by atoms with van der Waals surface area (Å²) in [5.41, 5.74) is 1.65. The first-order chi connectivity index (χ1) is 15.4. The molecule has 0 unspecified atom stereocenters. The van der Waals surface area contributed by atoms with Crippen molar-refractivity contribution in [3.05, 3.63) is 48.6 Å². The lowest BCUT2D eigenvalue weighted by Crippen LogP contribution is -2.40. The molecule has 0 atom stereocenters. The number of hydrogen-bond donors (Lipinski definition) is 0. The number of carbonyl (C=O) groups is 1. The van der Waals surface area contributed by atoms with Crippen molar-refractivity contribution < 1.29 is 4.79 Å². The number of anilines is 1. The first-order valence-corrected chi connectivity index (χ1v) is 11.0. The van der Waals surface area contributed by atoms with Crippen molar-refractivity contribution in [3.8, 4) is 11.5 Å². The number of rotatable bonds is 6. The van der Waals surface area contributed by atoms with Gasteiger partial charge in [0.2, 0.25) is 5.91 Å². The van der Waals surface area contributed by atoms with Crippen molar-refractivity contribution in [1.82, 2.24) is 34.4 Å². The van der Waals surface area contributed by atoms with E-state index in [1.165, 1.54) is 0 Å². The van der Waals surface area contributed by atoms with Crippen LogP contribution >= 0.6 is 0 Å². The summed E-state index contributed by atoms with van der Waals surface area (Å²) >= 11 is 0. The third kappa shape index (κ3) is 4.76. The summed E-state index contributed by atoms with van der Waals surface area (Å²) in [6.45, 7) is 5.96. The Hall–Kier alpha value is -3.36. The van der Waals surface area contributed by atoms with E-state index in [0.717, 1.165) is 43.3 Å². The summed E-state index contributed by atoms with van der Waals surface area (Å²) in [5, 5.41) is 0. The van der Waals surface area contributed by atoms with Gasteiger partial charge in [-0.1, -0.05) is 13.8 Å². The van der Waals surface area contributed by atoms with Gasteiger partial charge >= 0.3 is 0 Å². The summed E-state index contributed by atoms with van der Waals surface area (Å²) in [4.78, 5) is 39.2. The number of amides is 1. The second-order valence-electron chi connectivity index (χ2n) is 8.68. The average Bonchev–Trinajstić information content (AvgIpc) is 3.28. The SMILES string of the molecule is CC(C)c1nccn1CC(=O)N1CCC(c2cc(N(C)C)nc(-c3cnccn3)n2)CC1. The highest BCUT2D eigenvalue weighted by atomic mass is 16.2. The van der Waals surface area contributed by atoms with E-state index in [0.29, 0.717) is 18.1 Å². The molecule has 3 aromatic rings. The van der Waals surface area contributed by atoms with Crippen molar-refractivity contribution >= 4 is 11.7 Å². The summed E-state index contributed by atoms with van der Waals surface area (Å²) in [6, 6.07) is 2.04. The lowest BCUT2D eigenvalue weighted by Gasteiger charge is -2.32. The fourth-order valence-corrected chi connectivity index (χ4v) is 4.05. The summed E-state index contributed by atoms with van der Waals surface area (Å²) in [7, 11) is 3.94. The largest absolute Gasteiger partial charge is 0.363 e. The maximum absolute atomic E-state index is 12.9. The highest BCUT2D eigenvalue weighted by molar-refractivity contribution is 5.76. The zero-order chi connectivity index (χ0) is 22.7. The number of hydrogen-bond acceptors (Lipinski definition) is 7. The molecular formula is C23H30N8O. The second kappa shape index (κ2) is 9.42. The van der Waals surface area contributed by atoms with Gasteiger partial charge in [-0.2, -0.15) is 0 Å². The Bertz CT molecular complexity index is 1050. The molecule has 0 radical (unpaired) electrons. The molecule has 9 heteroatoms. The van der Waals surface area contributed by atoms with E-state index in [2.05, 4.69) is 33.8 Å². The maximum Gasteiger partial charge on any atom is 0.242 e. The van der Waals surface area contributed by atoms with Gasteiger partial charge in [0.05, 0.1) is 6.20 Å². The Kier molecular flexibility index (Phi) is 6.43. The fourth-order valence-electron chi connectivity index (χ4n) is 4.05. The van der Waals surface area contributed by atoms with E-state index in [-0.39, 0.29) is 17.7 Å². The molecule has 0 aliphatic carbocycles. The van der Waals surface area contributed by atoms with Gasteiger partial charge in [-0.15, -0.1) is 0 Å². The van der Waals surface area contributed by atoms with Crippen LogP contribution in [-0.4, -0.2) is 67.5 Å². The minimum atomic E-state index is 0.139. The van der Waals surface area contributed by atoms with Crippen LogP contribution in [0.5, 0.6) is 0 Å². The normalized spacial score (nSPS) is 14.7. The third-order valence-corrected chi connectivity index (χ3v) is 5.82. The van der Waals surface area contributed by atoms with Gasteiger partial charge in [-0.05, 0) is 12.8 Å². The Morgan fingerprint density at radius 1 is 1.12 bits per heavy atom. The summed E-state index contributed by atoms with van der Waals surface area (Å²) < 4.78 is 1.96.